The van der Waals surface area contributed by atoms with E-state index in [4.69, 9.17) is 4.65 Å². The number of hydrogen-bond acceptors (Lipinski definition) is 4. The van der Waals surface area contributed by atoms with Gasteiger partial charge in [-0.15, -0.1) is 0 Å². The lowest BCUT2D eigenvalue weighted by molar-refractivity contribution is 0.0160. The summed E-state index contributed by atoms with van der Waals surface area (Å²) >= 11 is 0. The molecule has 0 radical (unpaired) electrons. The normalized spacial score (nSPS) is 14.0. The summed E-state index contributed by atoms with van der Waals surface area (Å²) in [7, 11) is -1.08. The first-order valence-corrected chi connectivity index (χ1v) is 4.95. The van der Waals surface area contributed by atoms with Crippen LogP contribution in [0.5, 0.6) is 0 Å². The fourth-order valence-electron chi connectivity index (χ4n) is 1.56. The number of alkyl halides is 2. The van der Waals surface area contributed by atoms with Crippen LogP contribution in [0.1, 0.15) is 15.9 Å². The summed E-state index contributed by atoms with van der Waals surface area (Å²) < 4.78 is 33.0. The molecule has 0 saturated heterocycles. The van der Waals surface area contributed by atoms with E-state index in [9.17, 15) is 18.6 Å². The van der Waals surface area contributed by atoms with Crippen LogP contribution >= 0.6 is 0 Å². The molecule has 0 bridgehead atoms. The molecule has 17 heavy (non-hydrogen) atoms. The summed E-state index contributed by atoms with van der Waals surface area (Å²) in [6.45, 7) is -0.669. The van der Waals surface area contributed by atoms with E-state index in [2.05, 4.69) is 4.74 Å². The van der Waals surface area contributed by atoms with E-state index in [-0.39, 0.29) is 12.2 Å². The zero-order valence-electron chi connectivity index (χ0n) is 8.73. The predicted octanol–water partition coefficient (Wildman–Crippen LogP) is 0.326. The number of ether oxygens (including phenoxy) is 1. The summed E-state index contributed by atoms with van der Waals surface area (Å²) in [5.74, 6) is -0.841. The molecule has 7 heteroatoms. The van der Waals surface area contributed by atoms with E-state index in [0.29, 0.717) is 5.46 Å². The van der Waals surface area contributed by atoms with Gasteiger partial charge in [0, 0.05) is 0 Å². The molecule has 1 aromatic rings. The maximum absolute atomic E-state index is 11.9. The Labute approximate surface area is 96.3 Å². The fraction of sp³-hybridized carbons (Fsp3) is 0.300. The van der Waals surface area contributed by atoms with Crippen molar-refractivity contribution in [3.63, 3.8) is 0 Å². The molecule has 1 aliphatic rings. The fourth-order valence-corrected chi connectivity index (χ4v) is 1.56. The summed E-state index contributed by atoms with van der Waals surface area (Å²) in [4.78, 5) is 11.4. The molecule has 0 saturated carbocycles. The van der Waals surface area contributed by atoms with Crippen LogP contribution in [0.15, 0.2) is 18.2 Å². The maximum atomic E-state index is 11.9. The van der Waals surface area contributed by atoms with E-state index in [1.165, 1.54) is 12.1 Å². The second-order valence-corrected chi connectivity index (χ2v) is 3.57. The minimum absolute atomic E-state index is 0.119. The second kappa shape index (κ2) is 4.81. The van der Waals surface area contributed by atoms with Gasteiger partial charge in [0.15, 0.2) is 6.61 Å². The predicted molar refractivity (Wildman–Crippen MR) is 55.1 cm³/mol. The third-order valence-corrected chi connectivity index (χ3v) is 2.38. The Balaban J connectivity index is 2.12. The topological polar surface area (TPSA) is 55.8 Å². The number of carbonyl (C=O) groups is 1. The number of benzene rings is 1. The van der Waals surface area contributed by atoms with Gasteiger partial charge in [-0.3, -0.25) is 0 Å². The Morgan fingerprint density at radius 3 is 3.06 bits per heavy atom. The average molecular weight is 242 g/mol. The van der Waals surface area contributed by atoms with E-state index in [0.717, 1.165) is 5.56 Å². The molecular weight excluding hydrogens is 233 g/mol. The summed E-state index contributed by atoms with van der Waals surface area (Å²) in [6.07, 6.45) is -2.69. The third kappa shape index (κ3) is 2.62. The zero-order valence-corrected chi connectivity index (χ0v) is 8.73. The van der Waals surface area contributed by atoms with Crippen molar-refractivity contribution in [2.24, 2.45) is 0 Å². The molecular formula is C10H9BF2O4. The molecule has 0 fully saturated rings. The largest absolute Gasteiger partial charge is 0.491 e. The Morgan fingerprint density at radius 2 is 2.35 bits per heavy atom. The van der Waals surface area contributed by atoms with Gasteiger partial charge in [0.2, 0.25) is 0 Å². The Kier molecular flexibility index (Phi) is 3.39. The minimum Gasteiger partial charge on any atom is -0.456 e. The summed E-state index contributed by atoms with van der Waals surface area (Å²) in [5, 5.41) is 9.41. The molecule has 0 amide bonds. The molecule has 1 aromatic carbocycles. The smallest absolute Gasteiger partial charge is 0.456 e. The highest BCUT2D eigenvalue weighted by molar-refractivity contribution is 6.61. The van der Waals surface area contributed by atoms with Crippen LogP contribution < -0.4 is 5.46 Å². The lowest BCUT2D eigenvalue weighted by Gasteiger charge is -2.05. The molecule has 0 aliphatic carbocycles. The van der Waals surface area contributed by atoms with Gasteiger partial charge < -0.3 is 14.4 Å². The van der Waals surface area contributed by atoms with Crippen molar-refractivity contribution in [3.05, 3.63) is 29.3 Å². The molecule has 0 spiro atoms. The average Bonchev–Trinajstić information content (AvgIpc) is 2.67. The van der Waals surface area contributed by atoms with Gasteiger partial charge in [-0.05, 0) is 23.2 Å². The number of esters is 1. The molecule has 90 valence electrons. The van der Waals surface area contributed by atoms with Crippen LogP contribution in [0.4, 0.5) is 8.78 Å². The highest BCUT2D eigenvalue weighted by Crippen LogP contribution is 2.12. The zero-order chi connectivity index (χ0) is 12.4. The van der Waals surface area contributed by atoms with Crippen molar-refractivity contribution in [2.45, 2.75) is 13.0 Å². The summed E-state index contributed by atoms with van der Waals surface area (Å²) in [6, 6.07) is 4.44. The molecule has 2 rings (SSSR count). The Morgan fingerprint density at radius 1 is 1.59 bits per heavy atom. The standard InChI is InChI=1S/C10H9BF2O4/c12-9(13)5-16-10(14)6-1-2-7-4-17-11(15)8(7)3-6/h1-3,9,15H,4-5H2. The van der Waals surface area contributed by atoms with Crippen LogP contribution in [-0.4, -0.2) is 31.1 Å². The monoisotopic (exact) mass is 242 g/mol. The Hall–Kier alpha value is -1.47. The van der Waals surface area contributed by atoms with Crippen molar-refractivity contribution in [1.82, 2.24) is 0 Å². The second-order valence-electron chi connectivity index (χ2n) is 3.57. The van der Waals surface area contributed by atoms with E-state index >= 15 is 0 Å². The summed E-state index contributed by atoms with van der Waals surface area (Å²) in [5.41, 5.74) is 1.35. The highest BCUT2D eigenvalue weighted by atomic mass is 19.3. The Bertz CT molecular complexity index is 438. The van der Waals surface area contributed by atoms with Gasteiger partial charge in [0.1, 0.15) is 0 Å². The van der Waals surface area contributed by atoms with Crippen LogP contribution in [0.2, 0.25) is 0 Å². The van der Waals surface area contributed by atoms with Crippen molar-refractivity contribution in [1.29, 1.82) is 0 Å². The lowest BCUT2D eigenvalue weighted by Crippen LogP contribution is -2.29. The van der Waals surface area contributed by atoms with Crippen LogP contribution in [0.25, 0.3) is 0 Å². The van der Waals surface area contributed by atoms with Crippen molar-refractivity contribution in [2.75, 3.05) is 6.61 Å². The van der Waals surface area contributed by atoms with E-state index in [1.807, 2.05) is 0 Å². The molecule has 1 heterocycles. The van der Waals surface area contributed by atoms with E-state index in [1.54, 1.807) is 6.07 Å². The van der Waals surface area contributed by atoms with Crippen molar-refractivity contribution >= 4 is 18.6 Å². The first kappa shape index (κ1) is 12.0. The van der Waals surface area contributed by atoms with Crippen LogP contribution in [0, 0.1) is 0 Å². The number of carbonyl (C=O) groups excluding carboxylic acids is 1. The number of fused-ring (bicyclic) bond motifs is 1. The molecule has 1 aliphatic heterocycles. The van der Waals surface area contributed by atoms with Crippen molar-refractivity contribution in [3.8, 4) is 0 Å². The maximum Gasteiger partial charge on any atom is 0.491 e. The third-order valence-electron chi connectivity index (χ3n) is 2.38. The number of hydrogen-bond donors (Lipinski definition) is 1. The van der Waals surface area contributed by atoms with Crippen LogP contribution in [0.3, 0.4) is 0 Å². The van der Waals surface area contributed by atoms with Gasteiger partial charge in [0.25, 0.3) is 6.43 Å². The SMILES string of the molecule is O=C(OCC(F)F)c1ccc2c(c1)B(O)OC2. The highest BCUT2D eigenvalue weighted by Gasteiger charge is 2.28. The molecule has 4 nitrogen and oxygen atoms in total. The van der Waals surface area contributed by atoms with Gasteiger partial charge in [-0.1, -0.05) is 6.07 Å². The first-order chi connectivity index (χ1) is 8.08. The molecule has 0 unspecified atom stereocenters. The minimum atomic E-state index is -2.69. The number of halogens is 2. The van der Waals surface area contributed by atoms with Crippen LogP contribution in [-0.2, 0) is 16.0 Å². The first-order valence-electron chi connectivity index (χ1n) is 4.95. The van der Waals surface area contributed by atoms with Gasteiger partial charge in [0.05, 0.1) is 12.2 Å². The van der Waals surface area contributed by atoms with Gasteiger partial charge in [-0.25, -0.2) is 13.6 Å². The molecule has 1 N–H and O–H groups in total. The number of rotatable bonds is 3. The van der Waals surface area contributed by atoms with Crippen molar-refractivity contribution < 1.29 is 28.0 Å². The molecule has 0 atom stereocenters. The van der Waals surface area contributed by atoms with E-state index < -0.39 is 26.1 Å². The lowest BCUT2D eigenvalue weighted by atomic mass is 9.79. The molecule has 0 aromatic heterocycles. The van der Waals surface area contributed by atoms with Gasteiger partial charge in [-0.2, -0.15) is 0 Å². The van der Waals surface area contributed by atoms with Gasteiger partial charge >= 0.3 is 13.1 Å². The quantitative estimate of drug-likeness (QED) is 0.612.